The number of rotatable bonds is 1. The smallest absolute Gasteiger partial charge is 0.326 e. The first-order valence-electron chi connectivity index (χ1n) is 3.98. The standard InChI is InChI=1S/C8H15NO3/c1-8(7(11)12-3)4-6(10)5-9(8)2/h6,10H,4-5H2,1-3H3/t6-,8+/m0/s1. The second-order valence-corrected chi connectivity index (χ2v) is 3.50. The van der Waals surface area contributed by atoms with Crippen LogP contribution in [-0.2, 0) is 9.53 Å². The van der Waals surface area contributed by atoms with E-state index in [4.69, 9.17) is 0 Å². The summed E-state index contributed by atoms with van der Waals surface area (Å²) in [5, 5.41) is 9.33. The number of carbonyl (C=O) groups is 1. The molecule has 70 valence electrons. The maximum Gasteiger partial charge on any atom is 0.326 e. The molecule has 0 aliphatic carbocycles. The molecular weight excluding hydrogens is 158 g/mol. The van der Waals surface area contributed by atoms with Crippen molar-refractivity contribution in [3.8, 4) is 0 Å². The number of nitrogens with zero attached hydrogens (tertiary/aromatic N) is 1. The van der Waals surface area contributed by atoms with Crippen LogP contribution in [0.2, 0.25) is 0 Å². The average molecular weight is 173 g/mol. The van der Waals surface area contributed by atoms with Crippen molar-refractivity contribution in [2.75, 3.05) is 20.7 Å². The number of methoxy groups -OCH3 is 1. The van der Waals surface area contributed by atoms with Crippen LogP contribution in [0, 0.1) is 0 Å². The maximum atomic E-state index is 11.3. The molecule has 1 saturated heterocycles. The molecular formula is C8H15NO3. The summed E-state index contributed by atoms with van der Waals surface area (Å²) in [6, 6.07) is 0. The molecule has 4 nitrogen and oxygen atoms in total. The van der Waals surface area contributed by atoms with Crippen LogP contribution in [0.15, 0.2) is 0 Å². The summed E-state index contributed by atoms with van der Waals surface area (Å²) in [7, 11) is 3.18. The van der Waals surface area contributed by atoms with Gasteiger partial charge in [0.15, 0.2) is 0 Å². The van der Waals surface area contributed by atoms with Crippen LogP contribution in [0.1, 0.15) is 13.3 Å². The van der Waals surface area contributed by atoms with Gasteiger partial charge >= 0.3 is 5.97 Å². The van der Waals surface area contributed by atoms with Crippen molar-refractivity contribution in [3.63, 3.8) is 0 Å². The van der Waals surface area contributed by atoms with Gasteiger partial charge in [-0.1, -0.05) is 0 Å². The van der Waals surface area contributed by atoms with E-state index >= 15 is 0 Å². The molecule has 0 aromatic carbocycles. The predicted octanol–water partition coefficient (Wildman–Crippen LogP) is -0.386. The lowest BCUT2D eigenvalue weighted by Crippen LogP contribution is -2.46. The van der Waals surface area contributed by atoms with E-state index in [2.05, 4.69) is 4.74 Å². The largest absolute Gasteiger partial charge is 0.468 e. The Morgan fingerprint density at radius 3 is 2.67 bits per heavy atom. The Kier molecular flexibility index (Phi) is 2.39. The van der Waals surface area contributed by atoms with Gasteiger partial charge in [-0.3, -0.25) is 9.69 Å². The van der Waals surface area contributed by atoms with E-state index in [-0.39, 0.29) is 5.97 Å². The number of β-amino-alcohol motifs (C(OH)–C–C–N with tert-alkyl or cyclic N) is 1. The van der Waals surface area contributed by atoms with Crippen LogP contribution < -0.4 is 0 Å². The number of esters is 1. The molecule has 2 atom stereocenters. The number of hydrogen-bond donors (Lipinski definition) is 1. The minimum atomic E-state index is -0.645. The van der Waals surface area contributed by atoms with Crippen molar-refractivity contribution in [2.24, 2.45) is 0 Å². The highest BCUT2D eigenvalue weighted by molar-refractivity contribution is 5.80. The van der Waals surface area contributed by atoms with E-state index < -0.39 is 11.6 Å². The summed E-state index contributed by atoms with van der Waals surface area (Å²) < 4.78 is 4.66. The first kappa shape index (κ1) is 9.48. The van der Waals surface area contributed by atoms with E-state index in [1.54, 1.807) is 6.92 Å². The summed E-state index contributed by atoms with van der Waals surface area (Å²) in [5.74, 6) is -0.276. The minimum absolute atomic E-state index is 0.276. The van der Waals surface area contributed by atoms with Gasteiger partial charge in [0.05, 0.1) is 13.2 Å². The van der Waals surface area contributed by atoms with Crippen LogP contribution in [-0.4, -0.2) is 48.3 Å². The van der Waals surface area contributed by atoms with Crippen molar-refractivity contribution in [1.29, 1.82) is 0 Å². The zero-order valence-corrected chi connectivity index (χ0v) is 7.70. The molecule has 4 heteroatoms. The monoisotopic (exact) mass is 173 g/mol. The molecule has 0 aromatic rings. The first-order chi connectivity index (χ1) is 5.50. The molecule has 0 spiro atoms. The number of aliphatic hydroxyl groups excluding tert-OH is 1. The third-order valence-electron chi connectivity index (χ3n) is 2.59. The van der Waals surface area contributed by atoms with Gasteiger partial charge in [0.1, 0.15) is 5.54 Å². The highest BCUT2D eigenvalue weighted by atomic mass is 16.5. The molecule has 1 fully saturated rings. The molecule has 0 amide bonds. The zero-order chi connectivity index (χ0) is 9.35. The molecule has 0 saturated carbocycles. The Labute approximate surface area is 72.1 Å². The van der Waals surface area contributed by atoms with Crippen LogP contribution in [0.3, 0.4) is 0 Å². The lowest BCUT2D eigenvalue weighted by atomic mass is 9.99. The Morgan fingerprint density at radius 1 is 1.75 bits per heavy atom. The van der Waals surface area contributed by atoms with Crippen LogP contribution in [0.4, 0.5) is 0 Å². The van der Waals surface area contributed by atoms with Gasteiger partial charge in [-0.25, -0.2) is 0 Å². The quantitative estimate of drug-likeness (QED) is 0.549. The molecule has 1 aliphatic rings. The van der Waals surface area contributed by atoms with E-state index in [9.17, 15) is 9.90 Å². The molecule has 12 heavy (non-hydrogen) atoms. The second kappa shape index (κ2) is 3.03. The van der Waals surface area contributed by atoms with Gasteiger partial charge in [0, 0.05) is 13.0 Å². The van der Waals surface area contributed by atoms with Gasteiger partial charge < -0.3 is 9.84 Å². The second-order valence-electron chi connectivity index (χ2n) is 3.50. The molecule has 0 radical (unpaired) electrons. The topological polar surface area (TPSA) is 49.8 Å². The van der Waals surface area contributed by atoms with Crippen LogP contribution in [0.5, 0.6) is 0 Å². The van der Waals surface area contributed by atoms with E-state index in [0.29, 0.717) is 13.0 Å². The number of aliphatic hydroxyl groups is 1. The minimum Gasteiger partial charge on any atom is -0.468 e. The fraction of sp³-hybridized carbons (Fsp3) is 0.875. The molecule has 1 N–H and O–H groups in total. The van der Waals surface area contributed by atoms with Crippen molar-refractivity contribution < 1.29 is 14.6 Å². The lowest BCUT2D eigenvalue weighted by molar-refractivity contribution is -0.151. The molecule has 1 aliphatic heterocycles. The fourth-order valence-corrected chi connectivity index (χ4v) is 1.66. The molecule has 0 unspecified atom stereocenters. The van der Waals surface area contributed by atoms with Crippen molar-refractivity contribution in [3.05, 3.63) is 0 Å². The van der Waals surface area contributed by atoms with Gasteiger partial charge in [-0.05, 0) is 14.0 Å². The fourth-order valence-electron chi connectivity index (χ4n) is 1.66. The number of likely N-dealkylation sites (N-methyl/N-ethyl adjacent to an activating group) is 1. The summed E-state index contributed by atoms with van der Waals surface area (Å²) in [5.41, 5.74) is -0.645. The number of hydrogen-bond acceptors (Lipinski definition) is 4. The molecule has 0 bridgehead atoms. The Hall–Kier alpha value is -0.610. The van der Waals surface area contributed by atoms with Gasteiger partial charge in [0.2, 0.25) is 0 Å². The third-order valence-corrected chi connectivity index (χ3v) is 2.59. The van der Waals surface area contributed by atoms with Gasteiger partial charge in [0.25, 0.3) is 0 Å². The number of ether oxygens (including phenoxy) is 1. The van der Waals surface area contributed by atoms with Crippen LogP contribution in [0.25, 0.3) is 0 Å². The van der Waals surface area contributed by atoms with Crippen molar-refractivity contribution in [2.45, 2.75) is 25.0 Å². The Morgan fingerprint density at radius 2 is 2.33 bits per heavy atom. The summed E-state index contributed by atoms with van der Waals surface area (Å²) in [6.45, 7) is 2.32. The van der Waals surface area contributed by atoms with Gasteiger partial charge in [-0.2, -0.15) is 0 Å². The summed E-state index contributed by atoms with van der Waals surface area (Å²) >= 11 is 0. The number of carbonyl (C=O) groups excluding carboxylic acids is 1. The van der Waals surface area contributed by atoms with Crippen molar-refractivity contribution in [1.82, 2.24) is 4.90 Å². The lowest BCUT2D eigenvalue weighted by Gasteiger charge is -2.28. The molecule has 1 heterocycles. The Balaban J connectivity index is 2.77. The highest BCUT2D eigenvalue weighted by Gasteiger charge is 2.46. The highest BCUT2D eigenvalue weighted by Crippen LogP contribution is 2.28. The van der Waals surface area contributed by atoms with Crippen molar-refractivity contribution >= 4 is 5.97 Å². The first-order valence-corrected chi connectivity index (χ1v) is 3.98. The third kappa shape index (κ3) is 1.32. The summed E-state index contributed by atoms with van der Waals surface area (Å²) in [6.07, 6.45) is 0.0370. The molecule has 0 aromatic heterocycles. The Bertz CT molecular complexity index is 195. The molecule has 1 rings (SSSR count). The SMILES string of the molecule is COC(=O)[C@@]1(C)C[C@H](O)CN1C. The normalized spacial score (nSPS) is 36.8. The maximum absolute atomic E-state index is 11.3. The van der Waals surface area contributed by atoms with Gasteiger partial charge in [-0.15, -0.1) is 0 Å². The van der Waals surface area contributed by atoms with E-state index in [1.165, 1.54) is 7.11 Å². The van der Waals surface area contributed by atoms with Crippen LogP contribution >= 0.6 is 0 Å². The number of likely N-dealkylation sites (tertiary alicyclic amines) is 1. The van der Waals surface area contributed by atoms with E-state index in [0.717, 1.165) is 0 Å². The van der Waals surface area contributed by atoms with E-state index in [1.807, 2.05) is 11.9 Å². The zero-order valence-electron chi connectivity index (χ0n) is 7.70. The summed E-state index contributed by atoms with van der Waals surface area (Å²) in [4.78, 5) is 13.1. The average Bonchev–Trinajstić information content (AvgIpc) is 2.26. The predicted molar refractivity (Wildman–Crippen MR) is 43.7 cm³/mol.